The van der Waals surface area contributed by atoms with E-state index in [1.165, 1.54) is 6.33 Å². The topological polar surface area (TPSA) is 84.2 Å². The Balaban J connectivity index is 2.03. The van der Waals surface area contributed by atoms with E-state index in [0.717, 1.165) is 25.8 Å². The van der Waals surface area contributed by atoms with Crippen LogP contribution in [0, 0.1) is 20.9 Å². The van der Waals surface area contributed by atoms with Crippen LogP contribution in [-0.2, 0) is 0 Å². The summed E-state index contributed by atoms with van der Waals surface area (Å²) in [6.07, 6.45) is 4.69. The first-order chi connectivity index (χ1) is 10.7. The third kappa shape index (κ3) is 2.84. The second kappa shape index (κ2) is 5.32. The molecule has 0 aromatic carbocycles. The molecular formula is C16H25N5O2. The lowest BCUT2D eigenvalue weighted by molar-refractivity contribution is -0.383. The van der Waals surface area contributed by atoms with Crippen LogP contribution in [0.2, 0.25) is 0 Å². The van der Waals surface area contributed by atoms with Crippen LogP contribution in [0.4, 0.5) is 17.3 Å². The zero-order valence-electron chi connectivity index (χ0n) is 14.3. The number of nitrogens with one attached hydrogen (secondary N) is 1. The number of aromatic nitrogens is 2. The number of nitrogens with zero attached hydrogens (tertiary/aromatic N) is 4. The number of nitro groups is 1. The minimum atomic E-state index is -0.358. The maximum atomic E-state index is 11.6. The van der Waals surface area contributed by atoms with Gasteiger partial charge in [0.1, 0.15) is 6.33 Å². The summed E-state index contributed by atoms with van der Waals surface area (Å²) in [6, 6.07) is 0.312. The summed E-state index contributed by atoms with van der Waals surface area (Å²) in [7, 11) is 0. The zero-order chi connectivity index (χ0) is 16.8. The molecule has 23 heavy (non-hydrogen) atoms. The number of fused-ring (bicyclic) bond motifs is 2. The van der Waals surface area contributed by atoms with Crippen molar-refractivity contribution in [3.05, 3.63) is 16.4 Å². The fourth-order valence-electron chi connectivity index (χ4n) is 4.75. The van der Waals surface area contributed by atoms with Crippen LogP contribution < -0.4 is 10.2 Å². The first kappa shape index (κ1) is 16.0. The van der Waals surface area contributed by atoms with Crippen molar-refractivity contribution >= 4 is 17.3 Å². The van der Waals surface area contributed by atoms with Gasteiger partial charge in [0.2, 0.25) is 11.6 Å². The lowest BCUT2D eigenvalue weighted by Crippen LogP contribution is -2.35. The molecule has 1 aliphatic heterocycles. The smallest absolute Gasteiger partial charge is 0.353 e. The molecule has 0 radical (unpaired) electrons. The molecule has 0 spiro atoms. The van der Waals surface area contributed by atoms with E-state index in [1.807, 2.05) is 6.92 Å². The SMILES string of the molecule is CCNc1ncnc(N2CC3(C)CC2CC(C)(C)C3)c1[N+](=O)[O-]. The van der Waals surface area contributed by atoms with E-state index in [-0.39, 0.29) is 21.4 Å². The van der Waals surface area contributed by atoms with E-state index in [1.54, 1.807) is 0 Å². The van der Waals surface area contributed by atoms with Crippen LogP contribution in [0.25, 0.3) is 0 Å². The van der Waals surface area contributed by atoms with Gasteiger partial charge in [-0.05, 0) is 37.0 Å². The van der Waals surface area contributed by atoms with E-state index in [2.05, 4.69) is 41.0 Å². The summed E-state index contributed by atoms with van der Waals surface area (Å²) < 4.78 is 0. The number of hydrogen-bond acceptors (Lipinski definition) is 6. The molecule has 2 heterocycles. The molecule has 7 heteroatoms. The second-order valence-electron chi connectivity index (χ2n) is 8.02. The average molecular weight is 319 g/mol. The predicted octanol–water partition coefficient (Wildman–Crippen LogP) is 3.22. The van der Waals surface area contributed by atoms with E-state index < -0.39 is 0 Å². The Hall–Kier alpha value is -1.92. The Labute approximate surface area is 136 Å². The molecule has 2 fully saturated rings. The van der Waals surface area contributed by atoms with E-state index in [9.17, 15) is 10.1 Å². The van der Waals surface area contributed by atoms with E-state index in [0.29, 0.717) is 24.2 Å². The van der Waals surface area contributed by atoms with Crippen molar-refractivity contribution in [3.63, 3.8) is 0 Å². The maximum Gasteiger partial charge on any atom is 0.353 e. The molecule has 0 amide bonds. The van der Waals surface area contributed by atoms with Gasteiger partial charge in [0, 0.05) is 19.1 Å². The van der Waals surface area contributed by atoms with E-state index in [4.69, 9.17) is 0 Å². The summed E-state index contributed by atoms with van der Waals surface area (Å²) in [5, 5.41) is 14.6. The standard InChI is InChI=1S/C16H25N5O2/c1-5-17-13-12(21(22)23)14(19-10-18-13)20-9-16(4)7-11(20)6-15(2,3)8-16/h10-11H,5-9H2,1-4H3,(H,17,18,19). The molecule has 1 aromatic rings. The van der Waals surface area contributed by atoms with Crippen LogP contribution in [-0.4, -0.2) is 34.0 Å². The zero-order valence-corrected chi connectivity index (χ0v) is 14.3. The Morgan fingerprint density at radius 3 is 2.78 bits per heavy atom. The summed E-state index contributed by atoms with van der Waals surface area (Å²) in [4.78, 5) is 21.8. The first-order valence-corrected chi connectivity index (χ1v) is 8.25. The van der Waals surface area contributed by atoms with Crippen LogP contribution in [0.1, 0.15) is 47.0 Å². The Morgan fingerprint density at radius 2 is 2.13 bits per heavy atom. The van der Waals surface area contributed by atoms with Crippen LogP contribution in [0.15, 0.2) is 6.33 Å². The van der Waals surface area contributed by atoms with Gasteiger partial charge in [0.25, 0.3) is 0 Å². The lowest BCUT2D eigenvalue weighted by Gasteiger charge is -2.39. The molecule has 3 rings (SSSR count). The molecule has 1 aromatic heterocycles. The molecule has 2 unspecified atom stereocenters. The van der Waals surface area contributed by atoms with Gasteiger partial charge in [-0.25, -0.2) is 9.97 Å². The predicted molar refractivity (Wildman–Crippen MR) is 89.7 cm³/mol. The highest BCUT2D eigenvalue weighted by molar-refractivity contribution is 5.71. The minimum absolute atomic E-state index is 0.00306. The number of anilines is 2. The highest BCUT2D eigenvalue weighted by Gasteiger charge is 2.51. The minimum Gasteiger partial charge on any atom is -0.364 e. The van der Waals surface area contributed by atoms with Gasteiger partial charge in [-0.2, -0.15) is 0 Å². The molecule has 1 aliphatic carbocycles. The molecule has 7 nitrogen and oxygen atoms in total. The van der Waals surface area contributed by atoms with Crippen molar-refractivity contribution in [2.75, 3.05) is 23.3 Å². The summed E-state index contributed by atoms with van der Waals surface area (Å²) >= 11 is 0. The molecule has 126 valence electrons. The highest BCUT2D eigenvalue weighted by Crippen LogP contribution is 2.54. The highest BCUT2D eigenvalue weighted by atomic mass is 16.6. The maximum absolute atomic E-state index is 11.6. The second-order valence-corrected chi connectivity index (χ2v) is 8.02. The molecule has 1 saturated carbocycles. The van der Waals surface area contributed by atoms with Crippen molar-refractivity contribution < 1.29 is 4.92 Å². The molecule has 1 N–H and O–H groups in total. The fourth-order valence-corrected chi connectivity index (χ4v) is 4.75. The fraction of sp³-hybridized carbons (Fsp3) is 0.750. The summed E-state index contributed by atoms with van der Waals surface area (Å²) in [5.41, 5.74) is 0.464. The Bertz CT molecular complexity index is 633. The molecular weight excluding hydrogens is 294 g/mol. The first-order valence-electron chi connectivity index (χ1n) is 8.25. The monoisotopic (exact) mass is 319 g/mol. The van der Waals surface area contributed by atoms with Crippen molar-refractivity contribution in [2.24, 2.45) is 10.8 Å². The van der Waals surface area contributed by atoms with Gasteiger partial charge in [0.05, 0.1) is 4.92 Å². The van der Waals surface area contributed by atoms with Gasteiger partial charge >= 0.3 is 5.69 Å². The van der Waals surface area contributed by atoms with Gasteiger partial charge in [-0.1, -0.05) is 20.8 Å². The Morgan fingerprint density at radius 1 is 1.39 bits per heavy atom. The van der Waals surface area contributed by atoms with E-state index >= 15 is 0 Å². The summed E-state index contributed by atoms with van der Waals surface area (Å²) in [6.45, 7) is 10.2. The Kier molecular flexibility index (Phi) is 3.69. The average Bonchev–Trinajstić information content (AvgIpc) is 2.67. The largest absolute Gasteiger partial charge is 0.364 e. The van der Waals surface area contributed by atoms with Gasteiger partial charge < -0.3 is 10.2 Å². The van der Waals surface area contributed by atoms with Crippen molar-refractivity contribution in [1.29, 1.82) is 0 Å². The third-order valence-electron chi connectivity index (χ3n) is 5.02. The molecule has 2 bridgehead atoms. The number of hydrogen-bond donors (Lipinski definition) is 1. The number of rotatable bonds is 4. The van der Waals surface area contributed by atoms with Crippen LogP contribution in [0.3, 0.4) is 0 Å². The van der Waals surface area contributed by atoms with Crippen LogP contribution in [0.5, 0.6) is 0 Å². The quantitative estimate of drug-likeness (QED) is 0.677. The lowest BCUT2D eigenvalue weighted by atomic mass is 9.65. The molecule has 2 atom stereocenters. The van der Waals surface area contributed by atoms with Crippen molar-refractivity contribution in [1.82, 2.24) is 9.97 Å². The van der Waals surface area contributed by atoms with Crippen LogP contribution >= 0.6 is 0 Å². The molecule has 1 saturated heterocycles. The van der Waals surface area contributed by atoms with Crippen molar-refractivity contribution in [3.8, 4) is 0 Å². The third-order valence-corrected chi connectivity index (χ3v) is 5.02. The van der Waals surface area contributed by atoms with Gasteiger partial charge in [-0.3, -0.25) is 10.1 Å². The summed E-state index contributed by atoms with van der Waals surface area (Å²) in [5.74, 6) is 0.778. The van der Waals surface area contributed by atoms with Gasteiger partial charge in [-0.15, -0.1) is 0 Å². The molecule has 2 aliphatic rings. The van der Waals surface area contributed by atoms with Gasteiger partial charge in [0.15, 0.2) is 0 Å². The van der Waals surface area contributed by atoms with Crippen molar-refractivity contribution in [2.45, 2.75) is 53.0 Å². The normalized spacial score (nSPS) is 28.7.